The van der Waals surface area contributed by atoms with Gasteiger partial charge in [0, 0.05) is 24.3 Å². The van der Waals surface area contributed by atoms with Crippen molar-refractivity contribution in [2.75, 3.05) is 19.5 Å². The number of anilines is 1. The Kier molecular flexibility index (Phi) is 7.55. The minimum absolute atomic E-state index is 0.0513. The molecule has 0 radical (unpaired) electrons. The summed E-state index contributed by atoms with van der Waals surface area (Å²) in [6.45, 7) is 2.78. The Morgan fingerprint density at radius 3 is 2.20 bits per heavy atom. The number of methoxy groups -OCH3 is 2. The Labute approximate surface area is 205 Å². The average molecular weight is 475 g/mol. The van der Waals surface area contributed by atoms with Crippen molar-refractivity contribution in [1.82, 2.24) is 4.90 Å². The van der Waals surface area contributed by atoms with E-state index in [1.54, 1.807) is 25.2 Å². The van der Waals surface area contributed by atoms with E-state index in [0.717, 1.165) is 28.2 Å². The number of nitrogens with one attached hydrogen (secondary N) is 1. The monoisotopic (exact) mass is 474 g/mol. The molecule has 0 spiro atoms. The molecule has 1 heterocycles. The number of ether oxygens (including phenoxy) is 3. The van der Waals surface area contributed by atoms with Gasteiger partial charge in [0.15, 0.2) is 6.10 Å². The van der Waals surface area contributed by atoms with Gasteiger partial charge in [0.05, 0.1) is 20.6 Å². The minimum atomic E-state index is -0.551. The molecular weight excluding hydrogens is 444 g/mol. The molecule has 3 aromatic carbocycles. The van der Waals surface area contributed by atoms with Crippen LogP contribution in [-0.2, 0) is 29.1 Å². The molecule has 0 aromatic heterocycles. The lowest BCUT2D eigenvalue weighted by Gasteiger charge is -2.23. The molecule has 0 bridgehead atoms. The summed E-state index contributed by atoms with van der Waals surface area (Å²) in [5.41, 5.74) is 3.41. The van der Waals surface area contributed by atoms with Crippen molar-refractivity contribution in [2.24, 2.45) is 0 Å². The summed E-state index contributed by atoms with van der Waals surface area (Å²) in [5, 5.41) is 2.96. The first-order valence-electron chi connectivity index (χ1n) is 11.6. The summed E-state index contributed by atoms with van der Waals surface area (Å²) in [5.74, 6) is 2.01. The van der Waals surface area contributed by atoms with Gasteiger partial charge >= 0.3 is 0 Å². The van der Waals surface area contributed by atoms with Crippen LogP contribution in [0, 0.1) is 0 Å². The van der Waals surface area contributed by atoms with Crippen molar-refractivity contribution in [3.8, 4) is 17.2 Å². The molecule has 7 nitrogen and oxygen atoms in total. The molecule has 182 valence electrons. The van der Waals surface area contributed by atoms with Gasteiger partial charge in [-0.1, -0.05) is 31.2 Å². The van der Waals surface area contributed by atoms with Crippen LogP contribution in [0.2, 0.25) is 0 Å². The third-order valence-corrected chi connectivity index (χ3v) is 5.99. The molecule has 0 saturated heterocycles. The summed E-state index contributed by atoms with van der Waals surface area (Å²) < 4.78 is 16.5. The Morgan fingerprint density at radius 2 is 1.60 bits per heavy atom. The fraction of sp³-hybridized carbons (Fsp3) is 0.286. The van der Waals surface area contributed by atoms with E-state index in [1.165, 1.54) is 0 Å². The van der Waals surface area contributed by atoms with Crippen LogP contribution in [0.25, 0.3) is 0 Å². The van der Waals surface area contributed by atoms with E-state index in [4.69, 9.17) is 14.2 Å². The lowest BCUT2D eigenvalue weighted by molar-refractivity contribution is -0.139. The maximum Gasteiger partial charge on any atom is 0.264 e. The molecular formula is C28H30N2O5. The summed E-state index contributed by atoms with van der Waals surface area (Å²) in [6.07, 6.45) is 0.264. The zero-order valence-electron chi connectivity index (χ0n) is 20.2. The van der Waals surface area contributed by atoms with Crippen LogP contribution in [0.3, 0.4) is 0 Å². The van der Waals surface area contributed by atoms with Gasteiger partial charge in [0.25, 0.3) is 5.91 Å². The fourth-order valence-electron chi connectivity index (χ4n) is 4.06. The predicted molar refractivity (Wildman–Crippen MR) is 134 cm³/mol. The first-order chi connectivity index (χ1) is 17.0. The summed E-state index contributed by atoms with van der Waals surface area (Å²) in [6, 6.07) is 20.6. The van der Waals surface area contributed by atoms with Gasteiger partial charge in [0.1, 0.15) is 17.2 Å². The minimum Gasteiger partial charge on any atom is -0.497 e. The topological polar surface area (TPSA) is 77.1 Å². The molecule has 1 atom stereocenters. The number of rotatable bonds is 8. The highest BCUT2D eigenvalue weighted by Crippen LogP contribution is 2.30. The number of carbonyl (C=O) groups is 2. The molecule has 7 heteroatoms. The second-order valence-electron chi connectivity index (χ2n) is 8.45. The fourth-order valence-corrected chi connectivity index (χ4v) is 4.06. The normalized spacial score (nSPS) is 15.0. The molecule has 1 aliphatic rings. The molecule has 4 rings (SSSR count). The largest absolute Gasteiger partial charge is 0.497 e. The van der Waals surface area contributed by atoms with Crippen molar-refractivity contribution in [1.29, 1.82) is 0 Å². The van der Waals surface area contributed by atoms with Crippen LogP contribution in [0.4, 0.5) is 5.69 Å². The molecule has 1 N–H and O–H groups in total. The molecule has 2 amide bonds. The first kappa shape index (κ1) is 24.1. The third-order valence-electron chi connectivity index (χ3n) is 5.99. The van der Waals surface area contributed by atoms with Gasteiger partial charge in [-0.3, -0.25) is 9.59 Å². The number of hydrogen-bond donors (Lipinski definition) is 1. The molecule has 0 aliphatic carbocycles. The lowest BCUT2D eigenvalue weighted by Crippen LogP contribution is -2.38. The number of carbonyl (C=O) groups excluding carboxylic acids is 2. The molecule has 0 unspecified atom stereocenters. The third kappa shape index (κ3) is 5.93. The first-order valence-corrected chi connectivity index (χ1v) is 11.6. The van der Waals surface area contributed by atoms with Crippen molar-refractivity contribution < 1.29 is 23.8 Å². The number of hydrogen-bond acceptors (Lipinski definition) is 5. The number of nitrogens with zero attached hydrogens (tertiary/aromatic N) is 1. The van der Waals surface area contributed by atoms with E-state index in [0.29, 0.717) is 30.9 Å². The van der Waals surface area contributed by atoms with Gasteiger partial charge in [0.2, 0.25) is 5.91 Å². The highest BCUT2D eigenvalue weighted by molar-refractivity contribution is 5.92. The van der Waals surface area contributed by atoms with Gasteiger partial charge < -0.3 is 24.4 Å². The van der Waals surface area contributed by atoms with E-state index >= 15 is 0 Å². The van der Waals surface area contributed by atoms with Gasteiger partial charge in [-0.25, -0.2) is 0 Å². The highest BCUT2D eigenvalue weighted by Gasteiger charge is 2.30. The lowest BCUT2D eigenvalue weighted by atomic mass is 10.1. The van der Waals surface area contributed by atoms with Crippen LogP contribution >= 0.6 is 0 Å². The second-order valence-corrected chi connectivity index (χ2v) is 8.45. The smallest absolute Gasteiger partial charge is 0.264 e. The Bertz CT molecular complexity index is 1170. The SMILES string of the molecule is CC[C@H]1Oc2ccc(NC(=O)Cc3ccc(OC)cc3)cc2CN(Cc2ccc(OC)cc2)C1=O. The molecule has 3 aromatic rings. The second kappa shape index (κ2) is 11.0. The number of amides is 2. The van der Waals surface area contributed by atoms with Crippen LogP contribution < -0.4 is 19.5 Å². The number of benzene rings is 3. The maximum absolute atomic E-state index is 13.2. The van der Waals surface area contributed by atoms with Gasteiger partial charge in [-0.05, 0) is 60.0 Å². The zero-order valence-corrected chi connectivity index (χ0v) is 20.2. The van der Waals surface area contributed by atoms with Crippen molar-refractivity contribution in [3.05, 3.63) is 83.4 Å². The van der Waals surface area contributed by atoms with Crippen LogP contribution in [0.1, 0.15) is 30.0 Å². The predicted octanol–water partition coefficient (Wildman–Crippen LogP) is 4.58. The van der Waals surface area contributed by atoms with Crippen LogP contribution in [0.5, 0.6) is 17.2 Å². The quantitative estimate of drug-likeness (QED) is 0.517. The van der Waals surface area contributed by atoms with Gasteiger partial charge in [-0.2, -0.15) is 0 Å². The van der Waals surface area contributed by atoms with Crippen molar-refractivity contribution in [2.45, 2.75) is 39.0 Å². The Morgan fingerprint density at radius 1 is 0.971 bits per heavy atom. The summed E-state index contributed by atoms with van der Waals surface area (Å²) >= 11 is 0. The van der Waals surface area contributed by atoms with E-state index in [-0.39, 0.29) is 18.2 Å². The van der Waals surface area contributed by atoms with E-state index in [9.17, 15) is 9.59 Å². The van der Waals surface area contributed by atoms with Crippen molar-refractivity contribution >= 4 is 17.5 Å². The van der Waals surface area contributed by atoms with Crippen LogP contribution in [0.15, 0.2) is 66.7 Å². The zero-order chi connectivity index (χ0) is 24.8. The summed E-state index contributed by atoms with van der Waals surface area (Å²) in [7, 11) is 3.24. The van der Waals surface area contributed by atoms with Crippen LogP contribution in [-0.4, -0.2) is 37.0 Å². The average Bonchev–Trinajstić information content (AvgIpc) is 3.00. The Balaban J connectivity index is 1.50. The highest BCUT2D eigenvalue weighted by atomic mass is 16.5. The standard InChI is InChI=1S/C28H30N2O5/c1-4-25-28(32)30(17-20-7-12-24(34-3)13-8-20)18-21-16-22(9-14-26(21)35-25)29-27(31)15-19-5-10-23(33-2)11-6-19/h5-14,16,25H,4,15,17-18H2,1-3H3,(H,29,31)/t25-/m1/s1. The number of fused-ring (bicyclic) bond motifs is 1. The molecule has 1 aliphatic heterocycles. The molecule has 0 saturated carbocycles. The van der Waals surface area contributed by atoms with Gasteiger partial charge in [-0.15, -0.1) is 0 Å². The Hall–Kier alpha value is -4.00. The van der Waals surface area contributed by atoms with E-state index in [1.807, 2.05) is 67.6 Å². The maximum atomic E-state index is 13.2. The molecule has 0 fully saturated rings. The van der Waals surface area contributed by atoms with E-state index < -0.39 is 6.10 Å². The van der Waals surface area contributed by atoms with Crippen molar-refractivity contribution in [3.63, 3.8) is 0 Å². The van der Waals surface area contributed by atoms with E-state index in [2.05, 4.69) is 5.32 Å². The summed E-state index contributed by atoms with van der Waals surface area (Å²) in [4.78, 5) is 27.6. The molecule has 35 heavy (non-hydrogen) atoms.